The Kier molecular flexibility index (Phi) is 4.54. The summed E-state index contributed by atoms with van der Waals surface area (Å²) in [4.78, 5) is 0. The lowest BCUT2D eigenvalue weighted by Gasteiger charge is -2.16. The Balaban J connectivity index is 1.82. The van der Waals surface area contributed by atoms with E-state index >= 15 is 0 Å². The Morgan fingerprint density at radius 1 is 0.968 bits per heavy atom. The molecule has 0 saturated carbocycles. The monoisotopic (exact) mass is 418 g/mol. The number of methoxy groups -OCH3 is 3. The van der Waals surface area contributed by atoms with Crippen LogP contribution >= 0.6 is 0 Å². The van der Waals surface area contributed by atoms with Crippen LogP contribution in [0.3, 0.4) is 0 Å². The second-order valence-electron chi connectivity index (χ2n) is 7.27. The molecule has 0 amide bonds. The fraction of sp³-hybridized carbons (Fsp3) is 0.217. The standard InChI is InChI=1S/C23H22N4O4/c1-28-18-10-14(11-19(29-2)23(18)30-3)21-20-17(9-4-13-12-25-31-22(13)20)26-27(21)16-7-5-15(24)6-8-16/h5-8,10-12H,4,9,24H2,1-3H3. The van der Waals surface area contributed by atoms with Gasteiger partial charge in [-0.3, -0.25) is 0 Å². The highest BCUT2D eigenvalue weighted by atomic mass is 16.5. The Hall–Kier alpha value is -3.94. The van der Waals surface area contributed by atoms with Crippen LogP contribution in [0.5, 0.6) is 17.2 Å². The summed E-state index contributed by atoms with van der Waals surface area (Å²) in [6, 6.07) is 11.4. The predicted octanol–water partition coefficient (Wildman–Crippen LogP) is 3.90. The van der Waals surface area contributed by atoms with Gasteiger partial charge in [0.1, 0.15) is 0 Å². The molecule has 8 heteroatoms. The zero-order valence-corrected chi connectivity index (χ0v) is 17.5. The van der Waals surface area contributed by atoms with Gasteiger partial charge in [0.2, 0.25) is 5.75 Å². The highest BCUT2D eigenvalue weighted by Crippen LogP contribution is 2.46. The number of hydrogen-bond acceptors (Lipinski definition) is 7. The van der Waals surface area contributed by atoms with Gasteiger partial charge in [0, 0.05) is 16.8 Å². The van der Waals surface area contributed by atoms with E-state index in [0.717, 1.165) is 52.4 Å². The number of aryl methyl sites for hydroxylation is 2. The predicted molar refractivity (Wildman–Crippen MR) is 116 cm³/mol. The van der Waals surface area contributed by atoms with E-state index in [4.69, 9.17) is 29.6 Å². The third-order valence-electron chi connectivity index (χ3n) is 5.54. The zero-order valence-electron chi connectivity index (χ0n) is 17.5. The van der Waals surface area contributed by atoms with Crippen molar-refractivity contribution in [1.82, 2.24) is 14.9 Å². The molecule has 1 aliphatic carbocycles. The van der Waals surface area contributed by atoms with Gasteiger partial charge in [0.15, 0.2) is 17.3 Å². The Labute approximate surface area is 179 Å². The topological polar surface area (TPSA) is 97.6 Å². The van der Waals surface area contributed by atoms with Crippen molar-refractivity contribution < 1.29 is 18.7 Å². The molecular formula is C23H22N4O4. The molecule has 0 fully saturated rings. The summed E-state index contributed by atoms with van der Waals surface area (Å²) in [5, 5.41) is 8.96. The lowest BCUT2D eigenvalue weighted by Crippen LogP contribution is -2.01. The van der Waals surface area contributed by atoms with Crippen LogP contribution in [0, 0.1) is 0 Å². The normalized spacial score (nSPS) is 12.2. The van der Waals surface area contributed by atoms with Gasteiger partial charge in [-0.15, -0.1) is 0 Å². The number of ether oxygens (including phenoxy) is 3. The third-order valence-corrected chi connectivity index (χ3v) is 5.54. The molecule has 2 aromatic heterocycles. The molecule has 2 aromatic carbocycles. The molecule has 8 nitrogen and oxygen atoms in total. The molecule has 31 heavy (non-hydrogen) atoms. The average molecular weight is 418 g/mol. The molecule has 5 rings (SSSR count). The second-order valence-corrected chi connectivity index (χ2v) is 7.27. The maximum atomic E-state index is 5.91. The smallest absolute Gasteiger partial charge is 0.203 e. The molecule has 0 spiro atoms. The summed E-state index contributed by atoms with van der Waals surface area (Å²) < 4.78 is 24.2. The van der Waals surface area contributed by atoms with Crippen molar-refractivity contribution in [3.63, 3.8) is 0 Å². The first kappa shape index (κ1) is 19.0. The summed E-state index contributed by atoms with van der Waals surface area (Å²) in [6.07, 6.45) is 3.40. The highest BCUT2D eigenvalue weighted by molar-refractivity contribution is 5.86. The SMILES string of the molecule is COc1cc(-c2c3c(nn2-c2ccc(N)cc2)CCc2cnoc2-3)cc(OC)c1OC. The number of nitrogens with zero attached hydrogens (tertiary/aromatic N) is 3. The minimum atomic E-state index is 0.529. The largest absolute Gasteiger partial charge is 0.493 e. The van der Waals surface area contributed by atoms with Crippen molar-refractivity contribution in [1.29, 1.82) is 0 Å². The maximum Gasteiger partial charge on any atom is 0.203 e. The molecule has 2 N–H and O–H groups in total. The third kappa shape index (κ3) is 2.99. The van der Waals surface area contributed by atoms with E-state index in [0.29, 0.717) is 22.9 Å². The average Bonchev–Trinajstić information content (AvgIpc) is 3.42. The molecular weight excluding hydrogens is 396 g/mol. The summed E-state index contributed by atoms with van der Waals surface area (Å²) in [5.74, 6) is 2.39. The van der Waals surface area contributed by atoms with E-state index in [1.165, 1.54) is 0 Å². The minimum absolute atomic E-state index is 0.529. The minimum Gasteiger partial charge on any atom is -0.493 e. The zero-order chi connectivity index (χ0) is 21.5. The van der Waals surface area contributed by atoms with Crippen LogP contribution < -0.4 is 19.9 Å². The van der Waals surface area contributed by atoms with E-state index in [1.54, 1.807) is 27.5 Å². The van der Waals surface area contributed by atoms with Crippen molar-refractivity contribution in [2.75, 3.05) is 27.1 Å². The van der Waals surface area contributed by atoms with Crippen molar-refractivity contribution in [3.8, 4) is 45.5 Å². The van der Waals surface area contributed by atoms with E-state index in [-0.39, 0.29) is 0 Å². The molecule has 1 aliphatic rings. The van der Waals surface area contributed by atoms with Crippen LogP contribution in [0.4, 0.5) is 5.69 Å². The summed E-state index contributed by atoms with van der Waals surface area (Å²) in [6.45, 7) is 0. The first-order valence-corrected chi connectivity index (χ1v) is 9.86. The van der Waals surface area contributed by atoms with Gasteiger partial charge >= 0.3 is 0 Å². The van der Waals surface area contributed by atoms with Crippen molar-refractivity contribution in [2.45, 2.75) is 12.8 Å². The van der Waals surface area contributed by atoms with Crippen LogP contribution in [0.25, 0.3) is 28.3 Å². The Morgan fingerprint density at radius 3 is 2.32 bits per heavy atom. The molecule has 0 bridgehead atoms. The Bertz CT molecular complexity index is 1230. The molecule has 0 radical (unpaired) electrons. The quantitative estimate of drug-likeness (QED) is 0.491. The molecule has 0 unspecified atom stereocenters. The highest BCUT2D eigenvalue weighted by Gasteiger charge is 2.31. The van der Waals surface area contributed by atoms with Crippen LogP contribution in [-0.2, 0) is 12.8 Å². The lowest BCUT2D eigenvalue weighted by atomic mass is 9.92. The number of aromatic nitrogens is 3. The fourth-order valence-electron chi connectivity index (χ4n) is 4.06. The van der Waals surface area contributed by atoms with Crippen LogP contribution in [0.1, 0.15) is 11.3 Å². The van der Waals surface area contributed by atoms with E-state index in [1.807, 2.05) is 41.1 Å². The molecule has 0 atom stereocenters. The van der Waals surface area contributed by atoms with Crippen LogP contribution in [0.2, 0.25) is 0 Å². The van der Waals surface area contributed by atoms with Gasteiger partial charge in [-0.2, -0.15) is 5.10 Å². The summed E-state index contributed by atoms with van der Waals surface area (Å²) in [7, 11) is 4.78. The molecule has 0 saturated heterocycles. The number of anilines is 1. The lowest BCUT2D eigenvalue weighted by molar-refractivity contribution is 0.324. The first-order valence-electron chi connectivity index (χ1n) is 9.86. The van der Waals surface area contributed by atoms with Gasteiger partial charge < -0.3 is 24.5 Å². The number of fused-ring (bicyclic) bond motifs is 3. The molecule has 4 aromatic rings. The van der Waals surface area contributed by atoms with Crippen LogP contribution in [-0.4, -0.2) is 36.3 Å². The van der Waals surface area contributed by atoms with E-state index < -0.39 is 0 Å². The number of benzene rings is 2. The van der Waals surface area contributed by atoms with Gasteiger partial charge in [-0.05, 0) is 49.2 Å². The molecule has 158 valence electrons. The summed E-state index contributed by atoms with van der Waals surface area (Å²) in [5.41, 5.74) is 12.1. The fourth-order valence-corrected chi connectivity index (χ4v) is 4.06. The van der Waals surface area contributed by atoms with Crippen molar-refractivity contribution >= 4 is 5.69 Å². The van der Waals surface area contributed by atoms with Crippen LogP contribution in [0.15, 0.2) is 47.1 Å². The van der Waals surface area contributed by atoms with Gasteiger partial charge in [0.05, 0.1) is 50.2 Å². The van der Waals surface area contributed by atoms with E-state index in [2.05, 4.69) is 5.16 Å². The number of hydrogen-bond donors (Lipinski definition) is 1. The number of nitrogen functional groups attached to an aromatic ring is 1. The van der Waals surface area contributed by atoms with Gasteiger partial charge in [-0.25, -0.2) is 4.68 Å². The number of nitrogens with two attached hydrogens (primary N) is 1. The Morgan fingerprint density at radius 2 is 1.68 bits per heavy atom. The molecule has 2 heterocycles. The first-order chi connectivity index (χ1) is 15.1. The second kappa shape index (κ2) is 7.39. The van der Waals surface area contributed by atoms with Gasteiger partial charge in [-0.1, -0.05) is 5.16 Å². The maximum absolute atomic E-state index is 5.91. The van der Waals surface area contributed by atoms with Gasteiger partial charge in [0.25, 0.3) is 0 Å². The number of rotatable bonds is 5. The molecule has 0 aliphatic heterocycles. The van der Waals surface area contributed by atoms with Crippen molar-refractivity contribution in [2.24, 2.45) is 0 Å². The van der Waals surface area contributed by atoms with Crippen molar-refractivity contribution in [3.05, 3.63) is 53.9 Å². The van der Waals surface area contributed by atoms with E-state index in [9.17, 15) is 0 Å². The summed E-state index contributed by atoms with van der Waals surface area (Å²) >= 11 is 0.